The maximum atomic E-state index is 10.1. The molecule has 1 aromatic rings. The number of hydrogen-bond donors (Lipinski definition) is 2. The van der Waals surface area contributed by atoms with Gasteiger partial charge in [-0.1, -0.05) is 39.1 Å². The van der Waals surface area contributed by atoms with Gasteiger partial charge in [0, 0.05) is 17.6 Å². The van der Waals surface area contributed by atoms with Crippen molar-refractivity contribution in [2.24, 2.45) is 0 Å². The number of fused-ring (bicyclic) bond motifs is 3. The van der Waals surface area contributed by atoms with Gasteiger partial charge in [-0.15, -0.1) is 0 Å². The van der Waals surface area contributed by atoms with Gasteiger partial charge in [0.2, 0.25) is 0 Å². The van der Waals surface area contributed by atoms with Crippen LogP contribution in [0.15, 0.2) is 20.9 Å². The van der Waals surface area contributed by atoms with Crippen LogP contribution in [0.3, 0.4) is 0 Å². The molecule has 0 aliphatic carbocycles. The quantitative estimate of drug-likeness (QED) is 0.689. The van der Waals surface area contributed by atoms with Crippen LogP contribution < -0.4 is 10.4 Å². The van der Waals surface area contributed by atoms with Gasteiger partial charge in [-0.3, -0.25) is 5.21 Å². The largest absolute Gasteiger partial charge is 0.342 e. The van der Waals surface area contributed by atoms with Crippen molar-refractivity contribution in [1.29, 1.82) is 0 Å². The van der Waals surface area contributed by atoms with E-state index >= 15 is 0 Å². The molecule has 19 heavy (non-hydrogen) atoms. The van der Waals surface area contributed by atoms with Gasteiger partial charge in [-0.25, -0.2) is 5.06 Å². The van der Waals surface area contributed by atoms with Crippen LogP contribution in [-0.2, 0) is 13.0 Å². The van der Waals surface area contributed by atoms with Crippen LogP contribution in [0.4, 0.5) is 11.4 Å². The average Bonchev–Trinajstić information content (AvgIpc) is 2.38. The van der Waals surface area contributed by atoms with Gasteiger partial charge < -0.3 is 10.2 Å². The van der Waals surface area contributed by atoms with Gasteiger partial charge in [0.05, 0.1) is 11.4 Å². The first kappa shape index (κ1) is 13.5. The van der Waals surface area contributed by atoms with E-state index in [0.29, 0.717) is 5.69 Å². The molecule has 2 aliphatic rings. The average molecular weight is 365 g/mol. The number of rotatable bonds is 0. The molecule has 2 aliphatic heterocycles. The van der Waals surface area contributed by atoms with Crippen LogP contribution in [0.25, 0.3) is 0 Å². The third kappa shape index (κ3) is 2.14. The van der Waals surface area contributed by atoms with E-state index in [1.54, 1.807) is 0 Å². The Morgan fingerprint density at radius 1 is 1.37 bits per heavy atom. The number of hydrogen-bond acceptors (Lipinski definition) is 4. The van der Waals surface area contributed by atoms with E-state index in [4.69, 9.17) is 23.2 Å². The molecule has 2 heterocycles. The summed E-state index contributed by atoms with van der Waals surface area (Å²) in [5, 5.41) is 14.4. The summed E-state index contributed by atoms with van der Waals surface area (Å²) in [5.41, 5.74) is 3.84. The molecular formula is C12H12BrCl2N3O. The SMILES string of the molecule is CN1CCc2c(c(Br)cc3c2NC(Cl)=C(Cl)N3O)C1. The molecule has 0 amide bonds. The zero-order chi connectivity index (χ0) is 13.7. The number of benzene rings is 1. The predicted octanol–water partition coefficient (Wildman–Crippen LogP) is 3.66. The summed E-state index contributed by atoms with van der Waals surface area (Å²) in [5.74, 6) is 0. The highest BCUT2D eigenvalue weighted by Gasteiger charge is 2.29. The van der Waals surface area contributed by atoms with Crippen molar-refractivity contribution in [3.05, 3.63) is 32.0 Å². The molecule has 0 spiro atoms. The predicted molar refractivity (Wildman–Crippen MR) is 80.8 cm³/mol. The second kappa shape index (κ2) is 4.82. The van der Waals surface area contributed by atoms with Crippen LogP contribution in [-0.4, -0.2) is 23.7 Å². The number of nitrogens with zero attached hydrogens (tertiary/aromatic N) is 2. The Labute approximate surface area is 129 Å². The van der Waals surface area contributed by atoms with Crippen LogP contribution in [0.1, 0.15) is 11.1 Å². The van der Waals surface area contributed by atoms with Crippen molar-refractivity contribution < 1.29 is 5.21 Å². The third-order valence-corrected chi connectivity index (χ3v) is 4.90. The fourth-order valence-electron chi connectivity index (χ4n) is 2.49. The first-order valence-corrected chi connectivity index (χ1v) is 7.38. The van der Waals surface area contributed by atoms with E-state index in [9.17, 15) is 5.21 Å². The zero-order valence-corrected chi connectivity index (χ0v) is 13.3. The summed E-state index contributed by atoms with van der Waals surface area (Å²) < 4.78 is 0.969. The number of nitrogens with one attached hydrogen (secondary N) is 1. The Bertz CT molecular complexity index is 591. The molecule has 0 bridgehead atoms. The molecular weight excluding hydrogens is 353 g/mol. The molecule has 4 nitrogen and oxygen atoms in total. The lowest BCUT2D eigenvalue weighted by Crippen LogP contribution is -2.30. The standard InChI is InChI=1S/C12H12BrCl2N3O/c1-17-3-2-6-7(5-17)8(13)4-9-10(6)16-11(14)12(15)18(9)19/h4,16,19H,2-3,5H2,1H3. The zero-order valence-electron chi connectivity index (χ0n) is 10.2. The minimum atomic E-state index is 0.0777. The summed E-state index contributed by atoms with van der Waals surface area (Å²) >= 11 is 15.5. The van der Waals surface area contributed by atoms with Gasteiger partial charge in [-0.2, -0.15) is 0 Å². The highest BCUT2D eigenvalue weighted by Crippen LogP contribution is 2.44. The van der Waals surface area contributed by atoms with Crippen molar-refractivity contribution in [1.82, 2.24) is 4.90 Å². The van der Waals surface area contributed by atoms with E-state index < -0.39 is 0 Å². The molecule has 0 atom stereocenters. The fourth-order valence-corrected chi connectivity index (χ4v) is 3.39. The van der Waals surface area contributed by atoms with Crippen LogP contribution in [0, 0.1) is 0 Å². The lowest BCUT2D eigenvalue weighted by atomic mass is 9.96. The highest BCUT2D eigenvalue weighted by atomic mass is 79.9. The fraction of sp³-hybridized carbons (Fsp3) is 0.333. The molecule has 0 radical (unpaired) electrons. The Morgan fingerprint density at radius 2 is 2.11 bits per heavy atom. The van der Waals surface area contributed by atoms with Gasteiger partial charge in [0.1, 0.15) is 5.16 Å². The summed E-state index contributed by atoms with van der Waals surface area (Å²) in [7, 11) is 2.09. The summed E-state index contributed by atoms with van der Waals surface area (Å²) in [6, 6.07) is 1.85. The Balaban J connectivity index is 2.18. The Morgan fingerprint density at radius 3 is 2.84 bits per heavy atom. The monoisotopic (exact) mass is 363 g/mol. The number of hydroxylamine groups is 1. The first-order chi connectivity index (χ1) is 8.99. The molecule has 0 aromatic heterocycles. The topological polar surface area (TPSA) is 38.7 Å². The minimum Gasteiger partial charge on any atom is -0.342 e. The molecule has 3 rings (SSSR count). The molecule has 102 valence electrons. The molecule has 0 saturated heterocycles. The van der Waals surface area contributed by atoms with E-state index in [1.807, 2.05) is 6.07 Å². The number of halogens is 3. The van der Waals surface area contributed by atoms with Gasteiger partial charge in [-0.05, 0) is 30.7 Å². The smallest absolute Gasteiger partial charge is 0.170 e. The lowest BCUT2D eigenvalue weighted by Gasteiger charge is -2.33. The van der Waals surface area contributed by atoms with Crippen molar-refractivity contribution >= 4 is 50.5 Å². The van der Waals surface area contributed by atoms with E-state index in [0.717, 1.165) is 34.7 Å². The van der Waals surface area contributed by atoms with Crippen molar-refractivity contribution in [2.75, 3.05) is 24.0 Å². The van der Waals surface area contributed by atoms with Gasteiger partial charge in [0.15, 0.2) is 5.16 Å². The molecule has 1 aromatic carbocycles. The summed E-state index contributed by atoms with van der Waals surface area (Å²) in [6.07, 6.45) is 0.899. The van der Waals surface area contributed by atoms with Crippen LogP contribution in [0.2, 0.25) is 0 Å². The number of likely N-dealkylation sites (N-methyl/N-ethyl adjacent to an activating group) is 1. The second-order valence-corrected chi connectivity index (χ2v) is 6.33. The van der Waals surface area contributed by atoms with Gasteiger partial charge in [0.25, 0.3) is 0 Å². The molecule has 7 heteroatoms. The maximum absolute atomic E-state index is 10.1. The maximum Gasteiger partial charge on any atom is 0.170 e. The molecule has 0 saturated carbocycles. The van der Waals surface area contributed by atoms with Crippen LogP contribution in [0.5, 0.6) is 0 Å². The Hall–Kier alpha value is -0.460. The second-order valence-electron chi connectivity index (χ2n) is 4.74. The molecule has 0 unspecified atom stereocenters. The van der Waals surface area contributed by atoms with E-state index in [1.165, 1.54) is 11.1 Å². The number of anilines is 2. The third-order valence-electron chi connectivity index (χ3n) is 3.48. The van der Waals surface area contributed by atoms with E-state index in [2.05, 4.69) is 33.2 Å². The van der Waals surface area contributed by atoms with Gasteiger partial charge >= 0.3 is 0 Å². The van der Waals surface area contributed by atoms with E-state index in [-0.39, 0.29) is 10.3 Å². The molecule has 2 N–H and O–H groups in total. The Kier molecular flexibility index (Phi) is 3.43. The van der Waals surface area contributed by atoms with Crippen molar-refractivity contribution in [3.63, 3.8) is 0 Å². The van der Waals surface area contributed by atoms with Crippen LogP contribution >= 0.6 is 39.1 Å². The van der Waals surface area contributed by atoms with Crippen molar-refractivity contribution in [3.8, 4) is 0 Å². The lowest BCUT2D eigenvalue weighted by molar-refractivity contribution is 0.289. The summed E-state index contributed by atoms with van der Waals surface area (Å²) in [6.45, 7) is 1.84. The molecule has 0 fully saturated rings. The minimum absolute atomic E-state index is 0.0777. The summed E-state index contributed by atoms with van der Waals surface area (Å²) in [4.78, 5) is 2.25. The first-order valence-electron chi connectivity index (χ1n) is 5.83. The highest BCUT2D eigenvalue weighted by molar-refractivity contribution is 9.10. The normalized spacial score (nSPS) is 19.1. The van der Waals surface area contributed by atoms with Crippen molar-refractivity contribution in [2.45, 2.75) is 13.0 Å².